The second-order valence-corrected chi connectivity index (χ2v) is 18.7. The zero-order valence-corrected chi connectivity index (χ0v) is 21.6. The van der Waals surface area contributed by atoms with Gasteiger partial charge in [0.05, 0.1) is 16.8 Å². The van der Waals surface area contributed by atoms with Crippen LogP contribution in [0.2, 0.25) is 18.1 Å². The minimum atomic E-state index is -1.87. The molecule has 0 aromatic carbocycles. The molecule has 0 N–H and O–H groups in total. The molecule has 2 saturated heterocycles. The van der Waals surface area contributed by atoms with Gasteiger partial charge in [-0.1, -0.05) is 27.7 Å². The van der Waals surface area contributed by atoms with Crippen LogP contribution in [0.4, 0.5) is 0 Å². The smallest absolute Gasteiger partial charge is 0.192 e. The van der Waals surface area contributed by atoms with E-state index in [4.69, 9.17) is 13.9 Å². The van der Waals surface area contributed by atoms with Crippen molar-refractivity contribution in [2.24, 2.45) is 5.92 Å². The zero-order valence-electron chi connectivity index (χ0n) is 19.0. The zero-order chi connectivity index (χ0) is 20.5. The summed E-state index contributed by atoms with van der Waals surface area (Å²) >= 11 is 4.29. The van der Waals surface area contributed by atoms with Crippen molar-refractivity contribution < 1.29 is 13.9 Å². The maximum atomic E-state index is 6.89. The van der Waals surface area contributed by atoms with Crippen molar-refractivity contribution in [3.05, 3.63) is 0 Å². The number of thioether (sulfide) groups is 2. The Bertz CT molecular complexity index is 484. The molecule has 0 radical (unpaired) electrons. The highest BCUT2D eigenvalue weighted by atomic mass is 32.2. The first-order valence-corrected chi connectivity index (χ1v) is 15.4. The SMILES string of the molecule is C[C@@H](C[C@H](O[Si](C)(C)C(C)(C)C)[C@H]1COC(C)(C)O1)CC1(C)SCCCS1. The second kappa shape index (κ2) is 8.89. The van der Waals surface area contributed by atoms with Crippen LogP contribution in [0.25, 0.3) is 0 Å². The Labute approximate surface area is 177 Å². The number of rotatable bonds is 7. The first-order valence-electron chi connectivity index (χ1n) is 10.5. The van der Waals surface area contributed by atoms with Gasteiger partial charge in [0, 0.05) is 0 Å². The summed E-state index contributed by atoms with van der Waals surface area (Å²) in [5.41, 5.74) is 0. The molecule has 0 spiro atoms. The molecule has 0 unspecified atom stereocenters. The van der Waals surface area contributed by atoms with Gasteiger partial charge in [0.1, 0.15) is 6.10 Å². The molecule has 2 rings (SSSR count). The number of hydrogen-bond acceptors (Lipinski definition) is 5. The Morgan fingerprint density at radius 1 is 1.15 bits per heavy atom. The summed E-state index contributed by atoms with van der Waals surface area (Å²) in [5, 5.41) is 0.199. The lowest BCUT2D eigenvalue weighted by Crippen LogP contribution is -2.48. The fraction of sp³-hybridized carbons (Fsp3) is 1.00. The molecule has 6 heteroatoms. The van der Waals surface area contributed by atoms with E-state index < -0.39 is 14.1 Å². The van der Waals surface area contributed by atoms with Gasteiger partial charge in [-0.15, -0.1) is 23.5 Å². The Kier molecular flexibility index (Phi) is 7.92. The maximum absolute atomic E-state index is 6.89. The van der Waals surface area contributed by atoms with E-state index in [-0.39, 0.29) is 17.2 Å². The second-order valence-electron chi connectivity index (χ2n) is 10.5. The van der Waals surface area contributed by atoms with Crippen molar-refractivity contribution in [2.75, 3.05) is 18.1 Å². The first-order chi connectivity index (χ1) is 12.2. The summed E-state index contributed by atoms with van der Waals surface area (Å²) in [7, 11) is -1.87. The lowest BCUT2D eigenvalue weighted by Gasteiger charge is -2.42. The van der Waals surface area contributed by atoms with Crippen LogP contribution in [-0.4, -0.2) is 48.5 Å². The van der Waals surface area contributed by atoms with E-state index >= 15 is 0 Å². The molecule has 0 bridgehead atoms. The summed E-state index contributed by atoms with van der Waals surface area (Å²) in [4.78, 5) is 0. The quantitative estimate of drug-likeness (QED) is 0.425. The molecule has 27 heavy (non-hydrogen) atoms. The number of ether oxygens (including phenoxy) is 2. The maximum Gasteiger partial charge on any atom is 0.192 e. The van der Waals surface area contributed by atoms with E-state index in [0.717, 1.165) is 6.42 Å². The number of hydrogen-bond donors (Lipinski definition) is 0. The monoisotopic (exact) mass is 434 g/mol. The van der Waals surface area contributed by atoms with E-state index in [2.05, 4.69) is 71.2 Å². The van der Waals surface area contributed by atoms with Crippen LogP contribution in [0.15, 0.2) is 0 Å². The Balaban J connectivity index is 2.07. The third-order valence-electron chi connectivity index (χ3n) is 6.15. The topological polar surface area (TPSA) is 27.7 Å². The van der Waals surface area contributed by atoms with E-state index in [0.29, 0.717) is 16.6 Å². The average Bonchev–Trinajstić information content (AvgIpc) is 2.85. The molecule has 0 amide bonds. The highest BCUT2D eigenvalue weighted by Crippen LogP contribution is 2.47. The minimum Gasteiger partial charge on any atom is -0.411 e. The molecule has 160 valence electrons. The van der Waals surface area contributed by atoms with Gasteiger partial charge in [0.25, 0.3) is 0 Å². The van der Waals surface area contributed by atoms with Gasteiger partial charge in [-0.2, -0.15) is 0 Å². The van der Waals surface area contributed by atoms with Gasteiger partial charge >= 0.3 is 0 Å². The van der Waals surface area contributed by atoms with Crippen LogP contribution in [0.1, 0.15) is 67.7 Å². The van der Waals surface area contributed by atoms with Crippen molar-refractivity contribution in [2.45, 2.75) is 108 Å². The fourth-order valence-electron chi connectivity index (χ4n) is 3.64. The van der Waals surface area contributed by atoms with Crippen LogP contribution in [0.5, 0.6) is 0 Å². The predicted octanol–water partition coefficient (Wildman–Crippen LogP) is 6.53. The molecular weight excluding hydrogens is 392 g/mol. The minimum absolute atomic E-state index is 0.0380. The third kappa shape index (κ3) is 6.92. The van der Waals surface area contributed by atoms with Crippen molar-refractivity contribution in [3.8, 4) is 0 Å². The third-order valence-corrected chi connectivity index (χ3v) is 13.9. The van der Waals surface area contributed by atoms with E-state index in [9.17, 15) is 0 Å². The van der Waals surface area contributed by atoms with Gasteiger partial charge in [-0.25, -0.2) is 0 Å². The van der Waals surface area contributed by atoms with Gasteiger partial charge in [0.15, 0.2) is 14.1 Å². The largest absolute Gasteiger partial charge is 0.411 e. The Morgan fingerprint density at radius 2 is 1.74 bits per heavy atom. The van der Waals surface area contributed by atoms with E-state index in [1.165, 1.54) is 24.3 Å². The summed E-state index contributed by atoms with van der Waals surface area (Å²) in [6, 6.07) is 0. The highest BCUT2D eigenvalue weighted by molar-refractivity contribution is 8.18. The van der Waals surface area contributed by atoms with Crippen molar-refractivity contribution >= 4 is 31.8 Å². The van der Waals surface area contributed by atoms with Gasteiger partial charge in [-0.3, -0.25) is 0 Å². The lowest BCUT2D eigenvalue weighted by atomic mass is 9.96. The molecule has 3 atom stereocenters. The molecule has 0 saturated carbocycles. The summed E-state index contributed by atoms with van der Waals surface area (Å²) in [5.74, 6) is 2.71. The van der Waals surface area contributed by atoms with Crippen LogP contribution in [0.3, 0.4) is 0 Å². The molecule has 2 aliphatic rings. The van der Waals surface area contributed by atoms with Crippen LogP contribution < -0.4 is 0 Å². The van der Waals surface area contributed by atoms with Crippen molar-refractivity contribution in [3.63, 3.8) is 0 Å². The lowest BCUT2D eigenvalue weighted by molar-refractivity contribution is -0.150. The van der Waals surface area contributed by atoms with E-state index in [1.807, 2.05) is 13.8 Å². The first kappa shape index (κ1) is 24.1. The Morgan fingerprint density at radius 3 is 2.22 bits per heavy atom. The standard InChI is InChI=1S/C21H42O3S2Si/c1-16(14-21(7)25-11-10-12-26-21)13-17(18-15-22-20(5,6)23-18)24-27(8,9)19(2,3)4/h16-18H,10-15H2,1-9H3/t16-,17-,18+/m0/s1. The molecule has 3 nitrogen and oxygen atoms in total. The van der Waals surface area contributed by atoms with E-state index in [1.54, 1.807) is 0 Å². The van der Waals surface area contributed by atoms with Gasteiger partial charge in [0.2, 0.25) is 0 Å². The highest BCUT2D eigenvalue weighted by Gasteiger charge is 2.45. The molecule has 2 heterocycles. The predicted molar refractivity (Wildman–Crippen MR) is 123 cm³/mol. The van der Waals surface area contributed by atoms with Crippen molar-refractivity contribution in [1.82, 2.24) is 0 Å². The molecule has 2 aliphatic heterocycles. The molecular formula is C21H42O3S2Si. The summed E-state index contributed by atoms with van der Waals surface area (Å²) in [6.45, 7) is 21.1. The molecule has 2 fully saturated rings. The van der Waals surface area contributed by atoms with Crippen molar-refractivity contribution in [1.29, 1.82) is 0 Å². The van der Waals surface area contributed by atoms with Crippen LogP contribution in [0, 0.1) is 5.92 Å². The Hall–Kier alpha value is 0.797. The normalized spacial score (nSPS) is 28.1. The van der Waals surface area contributed by atoms with Crippen LogP contribution >= 0.6 is 23.5 Å². The molecule has 0 aromatic heterocycles. The molecule has 0 aromatic rings. The van der Waals surface area contributed by atoms with Gasteiger partial charge in [-0.05, 0) is 75.6 Å². The fourth-order valence-corrected chi connectivity index (χ4v) is 8.26. The van der Waals surface area contributed by atoms with Gasteiger partial charge < -0.3 is 13.9 Å². The molecule has 0 aliphatic carbocycles. The average molecular weight is 435 g/mol. The summed E-state index contributed by atoms with van der Waals surface area (Å²) < 4.78 is 19.4. The summed E-state index contributed by atoms with van der Waals surface area (Å²) in [6.07, 6.45) is 3.78. The van der Waals surface area contributed by atoms with Crippen LogP contribution in [-0.2, 0) is 13.9 Å².